The van der Waals surface area contributed by atoms with Crippen LogP contribution in [-0.2, 0) is 10.3 Å². The van der Waals surface area contributed by atoms with Gasteiger partial charge in [0.1, 0.15) is 5.60 Å². The fraction of sp³-hybridized carbons (Fsp3) is 0.643. The average Bonchev–Trinajstić information content (AvgIpc) is 2.31. The van der Waals surface area contributed by atoms with Crippen LogP contribution >= 0.6 is 0 Å². The molecule has 1 aromatic rings. The van der Waals surface area contributed by atoms with E-state index in [0.717, 1.165) is 25.1 Å². The van der Waals surface area contributed by atoms with Crippen molar-refractivity contribution in [3.63, 3.8) is 0 Å². The average molecular weight is 221 g/mol. The number of pyridine rings is 1. The summed E-state index contributed by atoms with van der Waals surface area (Å²) in [4.78, 5) is 4.47. The maximum absolute atomic E-state index is 6.11. The number of rotatable bonds is 6. The molecule has 1 unspecified atom stereocenters. The van der Waals surface area contributed by atoms with Crippen LogP contribution in [0.5, 0.6) is 0 Å². The Hall–Kier alpha value is -0.890. The zero-order valence-electron chi connectivity index (χ0n) is 10.9. The molecule has 0 N–H and O–H groups in total. The van der Waals surface area contributed by atoms with Crippen molar-refractivity contribution in [2.75, 3.05) is 6.61 Å². The second-order valence-corrected chi connectivity index (χ2v) is 4.46. The fourth-order valence-electron chi connectivity index (χ4n) is 2.13. The lowest BCUT2D eigenvalue weighted by Gasteiger charge is -2.36. The van der Waals surface area contributed by atoms with Gasteiger partial charge in [-0.1, -0.05) is 33.8 Å². The van der Waals surface area contributed by atoms with Crippen LogP contribution in [0.2, 0.25) is 0 Å². The summed E-state index contributed by atoms with van der Waals surface area (Å²) >= 11 is 0. The molecule has 0 aliphatic carbocycles. The largest absolute Gasteiger partial charge is 0.368 e. The third-order valence-electron chi connectivity index (χ3n) is 3.12. The van der Waals surface area contributed by atoms with E-state index in [9.17, 15) is 0 Å². The van der Waals surface area contributed by atoms with E-state index in [1.165, 1.54) is 0 Å². The predicted molar refractivity (Wildman–Crippen MR) is 67.3 cm³/mol. The smallest absolute Gasteiger partial charge is 0.112 e. The second kappa shape index (κ2) is 6.00. The van der Waals surface area contributed by atoms with E-state index in [0.29, 0.717) is 5.92 Å². The molecule has 2 nitrogen and oxygen atoms in total. The Labute approximate surface area is 99.0 Å². The van der Waals surface area contributed by atoms with Gasteiger partial charge in [0.05, 0.1) is 5.69 Å². The molecule has 90 valence electrons. The molecule has 0 fully saturated rings. The predicted octanol–water partition coefficient (Wildman–Crippen LogP) is 3.77. The molecule has 1 rings (SSSR count). The minimum atomic E-state index is -0.225. The molecule has 16 heavy (non-hydrogen) atoms. The summed E-state index contributed by atoms with van der Waals surface area (Å²) in [6.07, 6.45) is 3.85. The first-order chi connectivity index (χ1) is 7.67. The van der Waals surface area contributed by atoms with Crippen LogP contribution in [0.25, 0.3) is 0 Å². The van der Waals surface area contributed by atoms with Crippen molar-refractivity contribution in [1.29, 1.82) is 0 Å². The first-order valence-electron chi connectivity index (χ1n) is 6.22. The first kappa shape index (κ1) is 13.2. The SMILES string of the molecule is CCCOC(CC)(c1ccccn1)C(C)C. The van der Waals surface area contributed by atoms with Crippen molar-refractivity contribution < 1.29 is 4.74 Å². The van der Waals surface area contributed by atoms with E-state index in [4.69, 9.17) is 4.74 Å². The summed E-state index contributed by atoms with van der Waals surface area (Å²) in [6, 6.07) is 6.05. The Bertz CT molecular complexity index is 297. The van der Waals surface area contributed by atoms with Gasteiger partial charge in [-0.2, -0.15) is 0 Å². The van der Waals surface area contributed by atoms with Crippen molar-refractivity contribution in [3.8, 4) is 0 Å². The molecule has 0 aliphatic heterocycles. The van der Waals surface area contributed by atoms with Crippen molar-refractivity contribution >= 4 is 0 Å². The lowest BCUT2D eigenvalue weighted by molar-refractivity contribution is -0.0903. The summed E-state index contributed by atoms with van der Waals surface area (Å²) in [5, 5.41) is 0. The van der Waals surface area contributed by atoms with Crippen LogP contribution in [0, 0.1) is 5.92 Å². The van der Waals surface area contributed by atoms with Crippen molar-refractivity contribution in [3.05, 3.63) is 30.1 Å². The van der Waals surface area contributed by atoms with Gasteiger partial charge in [0.2, 0.25) is 0 Å². The Morgan fingerprint density at radius 3 is 2.50 bits per heavy atom. The van der Waals surface area contributed by atoms with Gasteiger partial charge in [-0.05, 0) is 30.9 Å². The second-order valence-electron chi connectivity index (χ2n) is 4.46. The number of hydrogen-bond acceptors (Lipinski definition) is 2. The fourth-order valence-corrected chi connectivity index (χ4v) is 2.13. The highest BCUT2D eigenvalue weighted by Crippen LogP contribution is 2.35. The molecule has 0 aromatic carbocycles. The van der Waals surface area contributed by atoms with E-state index in [1.54, 1.807) is 0 Å². The highest BCUT2D eigenvalue weighted by atomic mass is 16.5. The molecular formula is C14H23NO. The molecule has 0 saturated carbocycles. The molecule has 0 aliphatic rings. The molecule has 1 heterocycles. The summed E-state index contributed by atoms with van der Waals surface area (Å²) in [5.74, 6) is 0.430. The molecule has 0 amide bonds. The lowest BCUT2D eigenvalue weighted by atomic mass is 9.84. The molecule has 1 atom stereocenters. The van der Waals surface area contributed by atoms with E-state index >= 15 is 0 Å². The quantitative estimate of drug-likeness (QED) is 0.729. The Morgan fingerprint density at radius 2 is 2.06 bits per heavy atom. The molecule has 0 bridgehead atoms. The van der Waals surface area contributed by atoms with Gasteiger partial charge in [0.25, 0.3) is 0 Å². The molecule has 0 spiro atoms. The monoisotopic (exact) mass is 221 g/mol. The highest BCUT2D eigenvalue weighted by Gasteiger charge is 2.35. The van der Waals surface area contributed by atoms with Crippen LogP contribution < -0.4 is 0 Å². The van der Waals surface area contributed by atoms with Gasteiger partial charge in [-0.25, -0.2) is 0 Å². The minimum Gasteiger partial charge on any atom is -0.368 e. The maximum Gasteiger partial charge on any atom is 0.112 e. The van der Waals surface area contributed by atoms with Crippen molar-refractivity contribution in [1.82, 2.24) is 4.98 Å². The van der Waals surface area contributed by atoms with Crippen LogP contribution in [0.4, 0.5) is 0 Å². The van der Waals surface area contributed by atoms with Crippen LogP contribution in [0.3, 0.4) is 0 Å². The minimum absolute atomic E-state index is 0.225. The van der Waals surface area contributed by atoms with Gasteiger partial charge in [0.15, 0.2) is 0 Å². The van der Waals surface area contributed by atoms with Crippen molar-refractivity contribution in [2.45, 2.75) is 46.1 Å². The molecule has 0 radical (unpaired) electrons. The standard InChI is InChI=1S/C14H23NO/c1-5-11-16-14(6-2,12(3)4)13-9-7-8-10-15-13/h7-10,12H,5-6,11H2,1-4H3. The Balaban J connectivity index is 3.02. The van der Waals surface area contributed by atoms with Crippen molar-refractivity contribution in [2.24, 2.45) is 5.92 Å². The molecule has 2 heteroatoms. The topological polar surface area (TPSA) is 22.1 Å². The molecule has 1 aromatic heterocycles. The first-order valence-corrected chi connectivity index (χ1v) is 6.22. The number of aromatic nitrogens is 1. The normalized spacial score (nSPS) is 15.1. The van der Waals surface area contributed by atoms with E-state index in [2.05, 4.69) is 38.7 Å². The van der Waals surface area contributed by atoms with Gasteiger partial charge in [-0.15, -0.1) is 0 Å². The molecular weight excluding hydrogens is 198 g/mol. The zero-order chi connectivity index (χ0) is 12.0. The van der Waals surface area contributed by atoms with E-state index in [1.807, 2.05) is 18.3 Å². The third kappa shape index (κ3) is 2.62. The summed E-state index contributed by atoms with van der Waals surface area (Å²) in [7, 11) is 0. The summed E-state index contributed by atoms with van der Waals surface area (Å²) < 4.78 is 6.11. The lowest BCUT2D eigenvalue weighted by Crippen LogP contribution is -2.36. The van der Waals surface area contributed by atoms with E-state index < -0.39 is 0 Å². The van der Waals surface area contributed by atoms with Crippen LogP contribution in [0.1, 0.15) is 46.2 Å². The molecule has 0 saturated heterocycles. The summed E-state index contributed by atoms with van der Waals surface area (Å²) in [5.41, 5.74) is 0.832. The van der Waals surface area contributed by atoms with Gasteiger partial charge in [0, 0.05) is 12.8 Å². The number of nitrogens with zero attached hydrogens (tertiary/aromatic N) is 1. The Morgan fingerprint density at radius 1 is 1.31 bits per heavy atom. The van der Waals surface area contributed by atoms with Gasteiger partial charge < -0.3 is 4.74 Å². The Kier molecular flexibility index (Phi) is 4.94. The third-order valence-corrected chi connectivity index (χ3v) is 3.12. The highest BCUT2D eigenvalue weighted by molar-refractivity contribution is 5.14. The van der Waals surface area contributed by atoms with Crippen LogP contribution in [-0.4, -0.2) is 11.6 Å². The number of hydrogen-bond donors (Lipinski definition) is 0. The van der Waals surface area contributed by atoms with Gasteiger partial charge in [-0.3, -0.25) is 4.98 Å². The summed E-state index contributed by atoms with van der Waals surface area (Å²) in [6.45, 7) is 9.51. The van der Waals surface area contributed by atoms with Gasteiger partial charge >= 0.3 is 0 Å². The zero-order valence-corrected chi connectivity index (χ0v) is 10.9. The van der Waals surface area contributed by atoms with E-state index in [-0.39, 0.29) is 5.60 Å². The maximum atomic E-state index is 6.11. The number of ether oxygens (including phenoxy) is 1. The van der Waals surface area contributed by atoms with Crippen LogP contribution in [0.15, 0.2) is 24.4 Å².